The Hall–Kier alpha value is -4.61. The topological polar surface area (TPSA) is 100 Å². The van der Waals surface area contributed by atoms with Crippen molar-refractivity contribution in [3.63, 3.8) is 0 Å². The summed E-state index contributed by atoms with van der Waals surface area (Å²) in [6.45, 7) is 7.87. The minimum absolute atomic E-state index is 0.0551. The van der Waals surface area contributed by atoms with Crippen molar-refractivity contribution in [3.8, 4) is 11.5 Å². The number of benzene rings is 2. The molecule has 0 saturated carbocycles. The number of ether oxygens (including phenoxy) is 2. The summed E-state index contributed by atoms with van der Waals surface area (Å²) >= 11 is 0. The Labute approximate surface area is 248 Å². The molecule has 0 spiro atoms. The molecule has 0 saturated heterocycles. The minimum Gasteiger partial charge on any atom is -0.464 e. The van der Waals surface area contributed by atoms with Gasteiger partial charge < -0.3 is 24.0 Å². The smallest absolute Gasteiger partial charge is 0.416 e. The normalized spacial score (nSPS) is 15.0. The molecule has 2 aromatic rings. The van der Waals surface area contributed by atoms with E-state index in [1.807, 2.05) is 13.8 Å². The number of rotatable bonds is 12. The van der Waals surface area contributed by atoms with Crippen LogP contribution in [0.2, 0.25) is 0 Å². The quantitative estimate of drug-likeness (QED) is 0.110. The molecule has 0 aliphatic heterocycles. The van der Waals surface area contributed by atoms with E-state index < -0.39 is 17.7 Å². The molecule has 230 valence electrons. The number of allylic oxidation sites excluding steroid dienone is 2. The first-order valence-corrected chi connectivity index (χ1v) is 13.4. The van der Waals surface area contributed by atoms with E-state index in [9.17, 15) is 18.0 Å². The Morgan fingerprint density at radius 1 is 0.884 bits per heavy atom. The molecule has 2 aromatic carbocycles. The van der Waals surface area contributed by atoms with E-state index in [0.717, 1.165) is 28.9 Å². The summed E-state index contributed by atoms with van der Waals surface area (Å²) in [4.78, 5) is 28.3. The maximum absolute atomic E-state index is 13.0. The van der Waals surface area contributed by atoms with E-state index >= 15 is 0 Å². The SMILES string of the molecule is CCO/N=C(/C(C)=N/OCC1=C(/C(=N\OC)C(=O)OC)CC(C)=C(C)C1)c1ccc(Oc2cccc(C(F)(F)F)c2)cc1. The highest BCUT2D eigenvalue weighted by Gasteiger charge is 2.30. The molecule has 0 radical (unpaired) electrons. The van der Waals surface area contributed by atoms with Crippen molar-refractivity contribution in [2.24, 2.45) is 15.5 Å². The summed E-state index contributed by atoms with van der Waals surface area (Å²) in [6, 6.07) is 11.2. The van der Waals surface area contributed by atoms with Gasteiger partial charge in [0.25, 0.3) is 0 Å². The van der Waals surface area contributed by atoms with Gasteiger partial charge in [0, 0.05) is 5.56 Å². The molecule has 0 bridgehead atoms. The van der Waals surface area contributed by atoms with Crippen LogP contribution in [0.15, 0.2) is 86.3 Å². The summed E-state index contributed by atoms with van der Waals surface area (Å²) < 4.78 is 49.7. The van der Waals surface area contributed by atoms with Crippen LogP contribution in [0.25, 0.3) is 0 Å². The number of carbonyl (C=O) groups is 1. The van der Waals surface area contributed by atoms with Gasteiger partial charge in [0.2, 0.25) is 0 Å². The highest BCUT2D eigenvalue weighted by atomic mass is 19.4. The van der Waals surface area contributed by atoms with Crippen LogP contribution in [-0.4, -0.2) is 50.5 Å². The van der Waals surface area contributed by atoms with Crippen LogP contribution in [-0.2, 0) is 30.2 Å². The third-order valence-electron chi connectivity index (χ3n) is 6.52. The predicted molar refractivity (Wildman–Crippen MR) is 156 cm³/mol. The molecule has 0 fully saturated rings. The molecule has 0 atom stereocenters. The number of methoxy groups -OCH3 is 1. The first kappa shape index (κ1) is 32.9. The van der Waals surface area contributed by atoms with Crippen molar-refractivity contribution in [1.29, 1.82) is 0 Å². The summed E-state index contributed by atoms with van der Waals surface area (Å²) in [5.74, 6) is -0.230. The Balaban J connectivity index is 1.81. The van der Waals surface area contributed by atoms with Crippen molar-refractivity contribution in [1.82, 2.24) is 0 Å². The van der Waals surface area contributed by atoms with Crippen molar-refractivity contribution in [2.75, 3.05) is 27.4 Å². The number of hydrogen-bond donors (Lipinski definition) is 0. The minimum atomic E-state index is -4.47. The van der Waals surface area contributed by atoms with Crippen LogP contribution in [0.4, 0.5) is 13.2 Å². The van der Waals surface area contributed by atoms with E-state index in [2.05, 4.69) is 15.5 Å². The first-order chi connectivity index (χ1) is 20.5. The molecule has 0 aromatic heterocycles. The van der Waals surface area contributed by atoms with E-state index in [0.29, 0.717) is 47.8 Å². The molecule has 0 N–H and O–H groups in total. The third-order valence-corrected chi connectivity index (χ3v) is 6.52. The van der Waals surface area contributed by atoms with Crippen LogP contribution in [0.5, 0.6) is 11.5 Å². The zero-order chi connectivity index (χ0) is 31.6. The summed E-state index contributed by atoms with van der Waals surface area (Å²) in [6.07, 6.45) is -3.43. The van der Waals surface area contributed by atoms with E-state index in [-0.39, 0.29) is 18.1 Å². The Morgan fingerprint density at radius 2 is 1.58 bits per heavy atom. The second kappa shape index (κ2) is 15.0. The predicted octanol–water partition coefficient (Wildman–Crippen LogP) is 7.23. The van der Waals surface area contributed by atoms with Crippen LogP contribution in [0.3, 0.4) is 0 Å². The standard InChI is InChI=1S/C31H34F3N3O6/c1-7-41-37-28(22-11-13-25(14-12-22)43-26-10-8-9-24(17-26)31(32,33)34)21(4)35-42-18-23-15-19(2)20(3)16-27(23)29(36-40-6)30(38)39-5/h8-14,17H,7,15-16,18H2,1-6H3/b35-21+,36-29+,37-28-. The van der Waals surface area contributed by atoms with Gasteiger partial charge in [0.05, 0.1) is 12.7 Å². The highest BCUT2D eigenvalue weighted by molar-refractivity contribution is 6.47. The van der Waals surface area contributed by atoms with E-state index in [4.69, 9.17) is 24.0 Å². The number of halogens is 3. The Morgan fingerprint density at radius 3 is 2.21 bits per heavy atom. The largest absolute Gasteiger partial charge is 0.464 e. The van der Waals surface area contributed by atoms with Gasteiger partial charge in [-0.2, -0.15) is 13.2 Å². The number of hydrogen-bond acceptors (Lipinski definition) is 9. The highest BCUT2D eigenvalue weighted by Crippen LogP contribution is 2.33. The van der Waals surface area contributed by atoms with Gasteiger partial charge in [-0.15, -0.1) is 0 Å². The van der Waals surface area contributed by atoms with E-state index in [1.165, 1.54) is 26.4 Å². The lowest BCUT2D eigenvalue weighted by Crippen LogP contribution is -2.23. The van der Waals surface area contributed by atoms with Gasteiger partial charge in [-0.05, 0) is 94.1 Å². The third kappa shape index (κ3) is 8.94. The van der Waals surface area contributed by atoms with Crippen LogP contribution in [0, 0.1) is 0 Å². The van der Waals surface area contributed by atoms with Gasteiger partial charge >= 0.3 is 12.1 Å². The average Bonchev–Trinajstić information content (AvgIpc) is 2.98. The molecule has 0 heterocycles. The number of nitrogens with zero attached hydrogens (tertiary/aromatic N) is 3. The number of carbonyl (C=O) groups excluding carboxylic acids is 1. The maximum Gasteiger partial charge on any atom is 0.416 e. The molecule has 3 rings (SSSR count). The molecule has 9 nitrogen and oxygen atoms in total. The molecular weight excluding hydrogens is 567 g/mol. The lowest BCUT2D eigenvalue weighted by atomic mass is 9.85. The fraction of sp³-hybridized carbons (Fsp3) is 0.355. The molecule has 0 unspecified atom stereocenters. The zero-order valence-corrected chi connectivity index (χ0v) is 24.9. The second-order valence-corrected chi connectivity index (χ2v) is 9.57. The maximum atomic E-state index is 13.0. The molecule has 1 aliphatic rings. The van der Waals surface area contributed by atoms with Crippen molar-refractivity contribution >= 4 is 23.1 Å². The second-order valence-electron chi connectivity index (χ2n) is 9.57. The van der Waals surface area contributed by atoms with Crippen LogP contribution >= 0.6 is 0 Å². The zero-order valence-electron chi connectivity index (χ0n) is 24.9. The fourth-order valence-electron chi connectivity index (χ4n) is 4.17. The average molecular weight is 602 g/mol. The van der Waals surface area contributed by atoms with Gasteiger partial charge in [-0.3, -0.25) is 0 Å². The fourth-order valence-corrected chi connectivity index (χ4v) is 4.17. The molecule has 1 aliphatic carbocycles. The summed E-state index contributed by atoms with van der Waals surface area (Å²) in [5, 5.41) is 12.3. The van der Waals surface area contributed by atoms with E-state index in [1.54, 1.807) is 38.1 Å². The Kier molecular flexibility index (Phi) is 11.5. The van der Waals surface area contributed by atoms with Gasteiger partial charge in [0.15, 0.2) is 5.71 Å². The van der Waals surface area contributed by atoms with Gasteiger partial charge in [-0.25, -0.2) is 4.79 Å². The number of alkyl halides is 3. The molecule has 0 amide bonds. The summed E-state index contributed by atoms with van der Waals surface area (Å²) in [5.41, 5.74) is 4.39. The van der Waals surface area contributed by atoms with Crippen LogP contribution in [0.1, 0.15) is 51.7 Å². The number of esters is 1. The van der Waals surface area contributed by atoms with Crippen molar-refractivity contribution < 1.29 is 42.0 Å². The number of oxime groups is 3. The lowest BCUT2D eigenvalue weighted by Gasteiger charge is -2.22. The lowest BCUT2D eigenvalue weighted by molar-refractivity contribution is -0.137. The van der Waals surface area contributed by atoms with Gasteiger partial charge in [0.1, 0.15) is 43.2 Å². The molecular formula is C31H34F3N3O6. The molecule has 12 heteroatoms. The first-order valence-electron chi connectivity index (χ1n) is 13.4. The summed E-state index contributed by atoms with van der Waals surface area (Å²) in [7, 11) is 2.63. The molecule has 43 heavy (non-hydrogen) atoms. The van der Waals surface area contributed by atoms with Crippen LogP contribution < -0.4 is 4.74 Å². The van der Waals surface area contributed by atoms with Gasteiger partial charge in [-0.1, -0.05) is 32.7 Å². The Bertz CT molecular complexity index is 1460. The van der Waals surface area contributed by atoms with Crippen molar-refractivity contribution in [2.45, 2.75) is 46.7 Å². The van der Waals surface area contributed by atoms with Crippen molar-refractivity contribution in [3.05, 3.63) is 82.0 Å². The monoisotopic (exact) mass is 601 g/mol.